The molecule has 166 valence electrons. The number of epoxide rings is 1. The summed E-state index contributed by atoms with van der Waals surface area (Å²) in [5.41, 5.74) is 2.11. The van der Waals surface area contributed by atoms with Crippen LogP contribution < -0.4 is 0 Å². The molecule has 3 rings (SSSR count). The van der Waals surface area contributed by atoms with E-state index in [1.165, 1.54) is 6.42 Å². The summed E-state index contributed by atoms with van der Waals surface area (Å²) in [4.78, 5) is 17.2. The molecule has 1 aromatic rings. The van der Waals surface area contributed by atoms with Crippen molar-refractivity contribution in [2.45, 2.75) is 97.9 Å². The van der Waals surface area contributed by atoms with Gasteiger partial charge in [-0.15, -0.1) is 11.3 Å². The Morgan fingerprint density at radius 1 is 1.30 bits per heavy atom. The van der Waals surface area contributed by atoms with Crippen molar-refractivity contribution in [2.24, 2.45) is 11.3 Å². The topological polar surface area (TPSA) is 51.7 Å². The van der Waals surface area contributed by atoms with E-state index in [-0.39, 0.29) is 29.7 Å². The number of thiazole rings is 1. The fourth-order valence-corrected chi connectivity index (χ4v) is 5.01. The number of allylic oxidation sites excluding steroid dienone is 1. The molecule has 0 aliphatic carbocycles. The van der Waals surface area contributed by atoms with Gasteiger partial charge < -0.3 is 9.47 Å². The van der Waals surface area contributed by atoms with Crippen LogP contribution in [0.4, 0.5) is 0 Å². The highest BCUT2D eigenvalue weighted by Crippen LogP contribution is 2.35. The van der Waals surface area contributed by atoms with E-state index in [1.54, 1.807) is 11.3 Å². The van der Waals surface area contributed by atoms with Crippen LogP contribution in [0, 0.1) is 18.3 Å². The van der Waals surface area contributed by atoms with Gasteiger partial charge in [0.1, 0.15) is 6.10 Å². The van der Waals surface area contributed by atoms with Crippen molar-refractivity contribution >= 4 is 23.4 Å². The van der Waals surface area contributed by atoms with E-state index < -0.39 is 0 Å². The van der Waals surface area contributed by atoms with Crippen LogP contribution in [0.15, 0.2) is 23.1 Å². The summed E-state index contributed by atoms with van der Waals surface area (Å²) < 4.78 is 11.9. The molecule has 30 heavy (non-hydrogen) atoms. The number of esters is 1. The van der Waals surface area contributed by atoms with E-state index in [0.29, 0.717) is 12.3 Å². The zero-order chi connectivity index (χ0) is 21.7. The van der Waals surface area contributed by atoms with Gasteiger partial charge >= 0.3 is 5.97 Å². The Labute approximate surface area is 185 Å². The number of aromatic nitrogens is 1. The monoisotopic (exact) mass is 431 g/mol. The third-order valence-electron chi connectivity index (χ3n) is 6.20. The van der Waals surface area contributed by atoms with Crippen LogP contribution in [0.1, 0.15) is 83.3 Å². The maximum atomic E-state index is 12.7. The minimum Gasteiger partial charge on any atom is -0.458 e. The van der Waals surface area contributed by atoms with Crippen LogP contribution in [-0.4, -0.2) is 29.3 Å². The second kappa shape index (κ2) is 10.2. The maximum absolute atomic E-state index is 12.7. The number of ether oxygens (including phenoxy) is 2. The lowest BCUT2D eigenvalue weighted by Gasteiger charge is -2.28. The van der Waals surface area contributed by atoms with Crippen molar-refractivity contribution in [3.05, 3.63) is 33.8 Å². The van der Waals surface area contributed by atoms with Crippen LogP contribution in [0.5, 0.6) is 0 Å². The molecule has 0 bridgehead atoms. The molecule has 1 saturated heterocycles. The van der Waals surface area contributed by atoms with E-state index in [2.05, 4.69) is 37.9 Å². The van der Waals surface area contributed by atoms with Gasteiger partial charge in [0, 0.05) is 18.2 Å². The summed E-state index contributed by atoms with van der Waals surface area (Å²) in [7, 11) is 0. The Morgan fingerprint density at radius 2 is 2.10 bits per heavy atom. The SMILES string of the molecule is C/C(=C\c1csc(C)n1)C1CC2O[C@@H]2C/C=C\CC[C@@H](C)CC(C)(C)CCC(=O)O1. The molecule has 3 heterocycles. The summed E-state index contributed by atoms with van der Waals surface area (Å²) in [5.74, 6) is 0.546. The van der Waals surface area contributed by atoms with Gasteiger partial charge in [-0.3, -0.25) is 4.79 Å². The first-order chi connectivity index (χ1) is 14.2. The molecule has 0 amide bonds. The predicted molar refractivity (Wildman–Crippen MR) is 123 cm³/mol. The maximum Gasteiger partial charge on any atom is 0.306 e. The molecule has 1 fully saturated rings. The fourth-order valence-electron chi connectivity index (χ4n) is 4.44. The smallest absolute Gasteiger partial charge is 0.306 e. The van der Waals surface area contributed by atoms with Gasteiger partial charge in [0.15, 0.2) is 0 Å². The summed E-state index contributed by atoms with van der Waals surface area (Å²) in [6.45, 7) is 10.9. The molecule has 0 aromatic carbocycles. The number of hydrogen-bond donors (Lipinski definition) is 0. The average molecular weight is 432 g/mol. The predicted octanol–water partition coefficient (Wildman–Crippen LogP) is 6.50. The van der Waals surface area contributed by atoms with Crippen LogP contribution in [0.2, 0.25) is 0 Å². The number of cyclic esters (lactones) is 1. The number of nitrogens with zero attached hydrogens (tertiary/aromatic N) is 1. The lowest BCUT2D eigenvalue weighted by Crippen LogP contribution is -2.24. The van der Waals surface area contributed by atoms with Crippen molar-refractivity contribution in [2.75, 3.05) is 0 Å². The van der Waals surface area contributed by atoms with Crippen molar-refractivity contribution in [1.82, 2.24) is 4.98 Å². The van der Waals surface area contributed by atoms with E-state index in [4.69, 9.17) is 9.47 Å². The van der Waals surface area contributed by atoms with Crippen LogP contribution in [0.25, 0.3) is 6.08 Å². The molecule has 4 nitrogen and oxygen atoms in total. The normalized spacial score (nSPS) is 32.2. The summed E-state index contributed by atoms with van der Waals surface area (Å²) in [6, 6.07) is 0. The second-order valence-electron chi connectivity index (χ2n) is 9.86. The van der Waals surface area contributed by atoms with Crippen molar-refractivity contribution in [3.63, 3.8) is 0 Å². The number of carbonyl (C=O) groups excluding carboxylic acids is 1. The summed E-state index contributed by atoms with van der Waals surface area (Å²) >= 11 is 1.63. The van der Waals surface area contributed by atoms with E-state index >= 15 is 0 Å². The number of fused-ring (bicyclic) bond motifs is 1. The second-order valence-corrected chi connectivity index (χ2v) is 10.9. The molecular weight excluding hydrogens is 394 g/mol. The molecule has 1 aromatic heterocycles. The van der Waals surface area contributed by atoms with E-state index in [0.717, 1.165) is 48.4 Å². The number of hydrogen-bond acceptors (Lipinski definition) is 5. The first kappa shape index (κ1) is 23.2. The molecule has 0 radical (unpaired) electrons. The Morgan fingerprint density at radius 3 is 2.83 bits per heavy atom. The van der Waals surface area contributed by atoms with Crippen molar-refractivity contribution < 1.29 is 14.3 Å². The number of aryl methyl sites for hydroxylation is 1. The zero-order valence-corrected chi connectivity index (χ0v) is 20.0. The van der Waals surface area contributed by atoms with Gasteiger partial charge in [0.25, 0.3) is 0 Å². The fraction of sp³-hybridized carbons (Fsp3) is 0.680. The standard InChI is InChI=1S/C25H37NO3S/c1-17-9-7-6-8-10-21-23(28-21)14-22(18(2)13-20-16-30-19(3)26-20)29-24(27)11-12-25(4,5)15-17/h6,8,13,16-17,21-23H,7,9-12,14-15H2,1-5H3/b8-6-,18-13+/t17-,21-,22?,23?/m1/s1. The van der Waals surface area contributed by atoms with Crippen molar-refractivity contribution in [3.8, 4) is 0 Å². The van der Waals surface area contributed by atoms with Gasteiger partial charge in [0.05, 0.1) is 22.9 Å². The first-order valence-corrected chi connectivity index (χ1v) is 12.2. The Kier molecular flexibility index (Phi) is 7.92. The first-order valence-electron chi connectivity index (χ1n) is 11.3. The van der Waals surface area contributed by atoms with Gasteiger partial charge in [-0.2, -0.15) is 0 Å². The highest BCUT2D eigenvalue weighted by molar-refractivity contribution is 7.09. The highest BCUT2D eigenvalue weighted by Gasteiger charge is 2.40. The van der Waals surface area contributed by atoms with Gasteiger partial charge in [-0.05, 0) is 68.9 Å². The molecule has 4 atom stereocenters. The minimum absolute atomic E-state index is 0.105. The third kappa shape index (κ3) is 7.35. The Balaban J connectivity index is 1.72. The molecule has 2 aliphatic rings. The third-order valence-corrected chi connectivity index (χ3v) is 6.99. The number of carbonyl (C=O) groups is 1. The van der Waals surface area contributed by atoms with E-state index in [9.17, 15) is 4.79 Å². The van der Waals surface area contributed by atoms with Crippen molar-refractivity contribution in [1.29, 1.82) is 0 Å². The molecular formula is C25H37NO3S. The molecule has 5 heteroatoms. The molecule has 0 N–H and O–H groups in total. The molecule has 0 spiro atoms. The quantitative estimate of drug-likeness (QED) is 0.305. The summed E-state index contributed by atoms with van der Waals surface area (Å²) in [6.07, 6.45) is 13.2. The highest BCUT2D eigenvalue weighted by atomic mass is 32.1. The molecule has 2 aliphatic heterocycles. The lowest BCUT2D eigenvalue weighted by atomic mass is 9.78. The summed E-state index contributed by atoms with van der Waals surface area (Å²) in [5, 5.41) is 3.08. The van der Waals surface area contributed by atoms with Gasteiger partial charge in [-0.25, -0.2) is 4.98 Å². The lowest BCUT2D eigenvalue weighted by molar-refractivity contribution is -0.148. The zero-order valence-electron chi connectivity index (χ0n) is 19.1. The van der Waals surface area contributed by atoms with E-state index in [1.807, 2.05) is 25.3 Å². The Bertz CT molecular complexity index is 779. The minimum atomic E-state index is -0.256. The average Bonchev–Trinajstić information content (AvgIpc) is 3.27. The van der Waals surface area contributed by atoms with Crippen LogP contribution >= 0.6 is 11.3 Å². The van der Waals surface area contributed by atoms with Gasteiger partial charge in [0.2, 0.25) is 0 Å². The van der Waals surface area contributed by atoms with Gasteiger partial charge in [-0.1, -0.05) is 32.9 Å². The Hall–Kier alpha value is -1.46. The molecule has 0 saturated carbocycles. The largest absolute Gasteiger partial charge is 0.458 e. The molecule has 2 unspecified atom stereocenters. The number of rotatable bonds is 2. The van der Waals surface area contributed by atoms with Crippen LogP contribution in [0.3, 0.4) is 0 Å². The van der Waals surface area contributed by atoms with Crippen LogP contribution in [-0.2, 0) is 14.3 Å².